The van der Waals surface area contributed by atoms with E-state index in [0.29, 0.717) is 5.11 Å². The van der Waals surface area contributed by atoms with Gasteiger partial charge in [-0.2, -0.15) is 11.3 Å². The molecule has 0 amide bonds. The molecule has 0 aliphatic carbocycles. The second kappa shape index (κ2) is 3.97. The third kappa shape index (κ3) is 1.61. The monoisotopic (exact) mass is 286 g/mol. The van der Waals surface area contributed by atoms with Crippen LogP contribution in [0.3, 0.4) is 0 Å². The lowest BCUT2D eigenvalue weighted by Crippen LogP contribution is -2.37. The molecule has 19 heavy (non-hydrogen) atoms. The van der Waals surface area contributed by atoms with Crippen LogP contribution in [0.5, 0.6) is 0 Å². The third-order valence-electron chi connectivity index (χ3n) is 3.20. The third-order valence-corrected chi connectivity index (χ3v) is 4.08. The Morgan fingerprint density at radius 3 is 2.89 bits per heavy atom. The van der Waals surface area contributed by atoms with Crippen LogP contribution >= 0.6 is 23.6 Å². The molecule has 1 aliphatic heterocycles. The van der Waals surface area contributed by atoms with Gasteiger partial charge < -0.3 is 10.3 Å². The van der Waals surface area contributed by atoms with Crippen LogP contribution in [0, 0.1) is 0 Å². The van der Waals surface area contributed by atoms with Crippen LogP contribution in [0.15, 0.2) is 35.0 Å². The predicted molar refractivity (Wildman–Crippen MR) is 84.6 cm³/mol. The van der Waals surface area contributed by atoms with Crippen LogP contribution in [-0.4, -0.2) is 10.1 Å². The summed E-state index contributed by atoms with van der Waals surface area (Å²) in [5, 5.41) is 9.10. The van der Waals surface area contributed by atoms with Gasteiger partial charge in [0.25, 0.3) is 0 Å². The number of anilines is 2. The van der Waals surface area contributed by atoms with Gasteiger partial charge in [-0.15, -0.1) is 0 Å². The normalized spacial score (nSPS) is 13.6. The molecule has 6 heteroatoms. The fourth-order valence-electron chi connectivity index (χ4n) is 2.39. The summed E-state index contributed by atoms with van der Waals surface area (Å²) in [5.41, 5.74) is 10.6. The van der Waals surface area contributed by atoms with Crippen molar-refractivity contribution in [2.45, 2.75) is 0 Å². The van der Waals surface area contributed by atoms with E-state index in [0.717, 1.165) is 17.0 Å². The molecule has 0 saturated carbocycles. The Morgan fingerprint density at radius 1 is 1.11 bits per heavy atom. The number of rotatable bonds is 1. The zero-order valence-electron chi connectivity index (χ0n) is 9.78. The van der Waals surface area contributed by atoms with Crippen molar-refractivity contribution in [2.24, 2.45) is 0 Å². The number of H-pyrrole nitrogens is 1. The number of nitrogens with one attached hydrogen (secondary N) is 4. The first-order chi connectivity index (χ1) is 9.33. The molecule has 0 bridgehead atoms. The number of hydrazine groups is 1. The van der Waals surface area contributed by atoms with E-state index in [1.54, 1.807) is 11.3 Å². The molecule has 3 aromatic rings. The molecule has 1 aromatic carbocycles. The number of fused-ring (bicyclic) bond motifs is 3. The van der Waals surface area contributed by atoms with E-state index in [4.69, 9.17) is 12.2 Å². The number of hydrogen-bond donors (Lipinski definition) is 4. The highest BCUT2D eigenvalue weighted by Gasteiger charge is 2.19. The highest BCUT2D eigenvalue weighted by Crippen LogP contribution is 2.39. The quantitative estimate of drug-likeness (QED) is 0.517. The van der Waals surface area contributed by atoms with Gasteiger partial charge in [0.1, 0.15) is 11.5 Å². The lowest BCUT2D eigenvalue weighted by Gasteiger charge is -2.19. The van der Waals surface area contributed by atoms with Crippen LogP contribution in [-0.2, 0) is 0 Å². The maximum atomic E-state index is 5.10. The molecule has 4 rings (SSSR count). The van der Waals surface area contributed by atoms with Crippen LogP contribution in [0.25, 0.3) is 22.0 Å². The zero-order valence-corrected chi connectivity index (χ0v) is 11.4. The first kappa shape index (κ1) is 10.8. The molecule has 94 valence electrons. The van der Waals surface area contributed by atoms with Crippen molar-refractivity contribution in [3.05, 3.63) is 35.0 Å². The average molecular weight is 286 g/mol. The first-order valence-electron chi connectivity index (χ1n) is 5.83. The summed E-state index contributed by atoms with van der Waals surface area (Å²) < 4.78 is 0. The van der Waals surface area contributed by atoms with Gasteiger partial charge in [0.2, 0.25) is 0 Å². The molecule has 0 atom stereocenters. The van der Waals surface area contributed by atoms with Gasteiger partial charge in [0, 0.05) is 10.9 Å². The van der Waals surface area contributed by atoms with E-state index < -0.39 is 0 Å². The van der Waals surface area contributed by atoms with E-state index in [2.05, 4.69) is 56.2 Å². The Bertz CT molecular complexity index is 773. The Kier molecular flexibility index (Phi) is 2.27. The number of aromatic amines is 1. The fraction of sp³-hybridized carbons (Fsp3) is 0. The van der Waals surface area contributed by atoms with Gasteiger partial charge in [0.15, 0.2) is 5.11 Å². The number of aromatic nitrogens is 1. The molecular formula is C13H10N4S2. The maximum absolute atomic E-state index is 5.10. The summed E-state index contributed by atoms with van der Waals surface area (Å²) in [6, 6.07) is 8.39. The van der Waals surface area contributed by atoms with Gasteiger partial charge in [-0.05, 0) is 46.2 Å². The van der Waals surface area contributed by atoms with Crippen LogP contribution in [0.1, 0.15) is 0 Å². The second-order valence-corrected chi connectivity index (χ2v) is 5.51. The van der Waals surface area contributed by atoms with Gasteiger partial charge in [0.05, 0.1) is 0 Å². The predicted octanol–water partition coefficient (Wildman–Crippen LogP) is 3.52. The van der Waals surface area contributed by atoms with Crippen LogP contribution < -0.4 is 16.2 Å². The first-order valence-corrected chi connectivity index (χ1v) is 7.18. The van der Waals surface area contributed by atoms with Crippen molar-refractivity contribution in [1.29, 1.82) is 0 Å². The van der Waals surface area contributed by atoms with Gasteiger partial charge in [-0.1, -0.05) is 12.1 Å². The molecule has 4 N–H and O–H groups in total. The maximum Gasteiger partial charge on any atom is 0.190 e. The molecule has 1 aliphatic rings. The van der Waals surface area contributed by atoms with E-state index in [-0.39, 0.29) is 0 Å². The molecule has 0 saturated heterocycles. The summed E-state index contributed by atoms with van der Waals surface area (Å²) in [4.78, 5) is 3.35. The standard InChI is InChI=1S/C13H10N4S2/c18-13-15-12-11(16-17-13)10-8(7-4-5-19-6-7)2-1-3-9(10)14-12/h1-6,14,16H,(H2,15,17,18). The van der Waals surface area contributed by atoms with Crippen molar-refractivity contribution >= 4 is 51.1 Å². The molecular weight excluding hydrogens is 276 g/mol. The zero-order chi connectivity index (χ0) is 12.8. The topological polar surface area (TPSA) is 51.9 Å². The molecule has 0 spiro atoms. The number of thiocarbonyl (C=S) groups is 1. The molecule has 0 fully saturated rings. The summed E-state index contributed by atoms with van der Waals surface area (Å²) in [7, 11) is 0. The Labute approximate surface area is 118 Å². The van der Waals surface area contributed by atoms with Crippen molar-refractivity contribution < 1.29 is 0 Å². The summed E-state index contributed by atoms with van der Waals surface area (Å²) in [6.45, 7) is 0. The van der Waals surface area contributed by atoms with Crippen molar-refractivity contribution in [3.63, 3.8) is 0 Å². The second-order valence-electron chi connectivity index (χ2n) is 4.32. The van der Waals surface area contributed by atoms with E-state index in [1.807, 2.05) is 0 Å². The molecule has 3 heterocycles. The molecule has 2 aromatic heterocycles. The summed E-state index contributed by atoms with van der Waals surface area (Å²) in [5.74, 6) is 0.904. The number of thiophene rings is 1. The van der Waals surface area contributed by atoms with Crippen molar-refractivity contribution in [3.8, 4) is 11.1 Å². The Hall–Kier alpha value is -2.05. The number of benzene rings is 1. The fourth-order valence-corrected chi connectivity index (χ4v) is 3.20. The van der Waals surface area contributed by atoms with Crippen molar-refractivity contribution in [1.82, 2.24) is 10.4 Å². The average Bonchev–Trinajstić information content (AvgIpc) is 3.04. The van der Waals surface area contributed by atoms with Crippen LogP contribution in [0.2, 0.25) is 0 Å². The molecule has 4 nitrogen and oxygen atoms in total. The van der Waals surface area contributed by atoms with E-state index >= 15 is 0 Å². The van der Waals surface area contributed by atoms with Gasteiger partial charge in [-0.3, -0.25) is 10.9 Å². The minimum absolute atomic E-state index is 0.566. The SMILES string of the molecule is S=C1NNc2c([nH]c3cccc(-c4ccsc4)c23)N1. The largest absolute Gasteiger partial charge is 0.339 e. The summed E-state index contributed by atoms with van der Waals surface area (Å²) in [6.07, 6.45) is 0. The van der Waals surface area contributed by atoms with Gasteiger partial charge >= 0.3 is 0 Å². The van der Waals surface area contributed by atoms with Crippen LogP contribution in [0.4, 0.5) is 11.5 Å². The molecule has 0 unspecified atom stereocenters. The number of hydrogen-bond acceptors (Lipinski definition) is 3. The summed E-state index contributed by atoms with van der Waals surface area (Å²) >= 11 is 6.80. The van der Waals surface area contributed by atoms with E-state index in [9.17, 15) is 0 Å². The highest BCUT2D eigenvalue weighted by atomic mass is 32.1. The minimum atomic E-state index is 0.566. The molecule has 0 radical (unpaired) electrons. The lowest BCUT2D eigenvalue weighted by molar-refractivity contribution is 1.12. The Morgan fingerprint density at radius 2 is 2.05 bits per heavy atom. The van der Waals surface area contributed by atoms with Gasteiger partial charge in [-0.25, -0.2) is 0 Å². The van der Waals surface area contributed by atoms with Crippen molar-refractivity contribution in [2.75, 3.05) is 10.7 Å². The Balaban J connectivity index is 2.03. The lowest BCUT2D eigenvalue weighted by atomic mass is 10.0. The minimum Gasteiger partial charge on any atom is -0.339 e. The highest BCUT2D eigenvalue weighted by molar-refractivity contribution is 7.80. The smallest absolute Gasteiger partial charge is 0.190 e. The van der Waals surface area contributed by atoms with E-state index in [1.165, 1.54) is 16.5 Å².